The van der Waals surface area contributed by atoms with Crippen molar-refractivity contribution in [2.24, 2.45) is 5.92 Å². The lowest BCUT2D eigenvalue weighted by Crippen LogP contribution is -2.55. The van der Waals surface area contributed by atoms with E-state index in [-0.39, 0.29) is 24.0 Å². The van der Waals surface area contributed by atoms with Crippen LogP contribution in [-0.4, -0.2) is 56.8 Å². The summed E-state index contributed by atoms with van der Waals surface area (Å²) in [6.07, 6.45) is 7.01. The van der Waals surface area contributed by atoms with Crippen molar-refractivity contribution in [2.45, 2.75) is 69.1 Å². The predicted molar refractivity (Wildman–Crippen MR) is 84.2 cm³/mol. The number of likely N-dealkylation sites (tertiary alicyclic amines) is 1. The van der Waals surface area contributed by atoms with Crippen LogP contribution < -0.4 is 0 Å². The van der Waals surface area contributed by atoms with Crippen LogP contribution in [-0.2, 0) is 4.79 Å². The molecule has 2 aliphatic heterocycles. The molecule has 2 N–H and O–H groups in total. The zero-order valence-electron chi connectivity index (χ0n) is 12.7. The monoisotopic (exact) mass is 313 g/mol. The molecule has 0 spiro atoms. The van der Waals surface area contributed by atoms with Crippen LogP contribution in [0.25, 0.3) is 0 Å². The Morgan fingerprint density at radius 2 is 1.81 bits per heavy atom. The lowest BCUT2D eigenvalue weighted by molar-refractivity contribution is -0.155. The Labute approximate surface area is 131 Å². The number of amides is 1. The molecule has 0 unspecified atom stereocenters. The van der Waals surface area contributed by atoms with Gasteiger partial charge >= 0.3 is 0 Å². The summed E-state index contributed by atoms with van der Waals surface area (Å²) in [6.45, 7) is 0.752. The van der Waals surface area contributed by atoms with E-state index in [1.54, 1.807) is 0 Å². The zero-order chi connectivity index (χ0) is 14.9. The minimum absolute atomic E-state index is 0.0666. The van der Waals surface area contributed by atoms with Crippen LogP contribution in [0.15, 0.2) is 0 Å². The molecule has 4 nitrogen and oxygen atoms in total. The van der Waals surface area contributed by atoms with Gasteiger partial charge in [-0.15, -0.1) is 0 Å². The summed E-state index contributed by atoms with van der Waals surface area (Å²) in [7, 11) is 0. The molecule has 1 amide bonds. The highest BCUT2D eigenvalue weighted by molar-refractivity contribution is 7.99. The standard InChI is InChI=1S/C16H27NO3S/c18-14-6-2-1-4-12(14)13-5-3-9-17(13)15(19)16(20)7-10-21-11-8-16/h12-14,18,20H,1-11H2/t12-,13-,14-/m1/s1. The molecule has 1 saturated carbocycles. The fraction of sp³-hybridized carbons (Fsp3) is 0.938. The summed E-state index contributed by atoms with van der Waals surface area (Å²) in [5.41, 5.74) is -1.15. The van der Waals surface area contributed by atoms with E-state index in [2.05, 4.69) is 0 Å². The first-order valence-corrected chi connectivity index (χ1v) is 9.56. The Morgan fingerprint density at radius 3 is 2.52 bits per heavy atom. The summed E-state index contributed by atoms with van der Waals surface area (Å²) in [5, 5.41) is 21.0. The molecule has 3 atom stereocenters. The second-order valence-corrected chi connectivity index (χ2v) is 8.09. The van der Waals surface area contributed by atoms with Crippen LogP contribution >= 0.6 is 11.8 Å². The number of carbonyl (C=O) groups excluding carboxylic acids is 1. The van der Waals surface area contributed by atoms with Gasteiger partial charge in [0.15, 0.2) is 0 Å². The van der Waals surface area contributed by atoms with Gasteiger partial charge in [0.25, 0.3) is 5.91 Å². The van der Waals surface area contributed by atoms with Crippen molar-refractivity contribution in [3.05, 3.63) is 0 Å². The molecule has 0 aromatic heterocycles. The lowest BCUT2D eigenvalue weighted by Gasteiger charge is -2.41. The van der Waals surface area contributed by atoms with Gasteiger partial charge in [0, 0.05) is 18.5 Å². The quantitative estimate of drug-likeness (QED) is 0.816. The normalized spacial score (nSPS) is 36.7. The predicted octanol–water partition coefficient (Wildman–Crippen LogP) is 1.79. The molecule has 5 heteroatoms. The third-order valence-corrected chi connectivity index (χ3v) is 6.54. The van der Waals surface area contributed by atoms with Gasteiger partial charge in [-0.1, -0.05) is 12.8 Å². The van der Waals surface area contributed by atoms with Gasteiger partial charge in [0.05, 0.1) is 6.10 Å². The molecule has 0 bridgehead atoms. The molecule has 1 aliphatic carbocycles. The molecule has 3 fully saturated rings. The molecule has 0 aromatic rings. The van der Waals surface area contributed by atoms with Crippen LogP contribution in [0.3, 0.4) is 0 Å². The highest BCUT2D eigenvalue weighted by atomic mass is 32.2. The highest BCUT2D eigenvalue weighted by Crippen LogP contribution is 2.37. The SMILES string of the molecule is O=C(N1CCC[C@@H]1[C@H]1CCCC[C@H]1O)C1(O)CCSCC1. The lowest BCUT2D eigenvalue weighted by atomic mass is 9.80. The fourth-order valence-corrected chi connectivity index (χ4v) is 5.44. The van der Waals surface area contributed by atoms with Crippen molar-refractivity contribution in [2.75, 3.05) is 18.1 Å². The summed E-state index contributed by atoms with van der Waals surface area (Å²) < 4.78 is 0. The minimum Gasteiger partial charge on any atom is -0.393 e. The van der Waals surface area contributed by atoms with Gasteiger partial charge in [-0.2, -0.15) is 11.8 Å². The van der Waals surface area contributed by atoms with Crippen molar-refractivity contribution in [3.63, 3.8) is 0 Å². The first kappa shape index (κ1) is 15.6. The molecule has 3 aliphatic rings. The van der Waals surface area contributed by atoms with Crippen LogP contribution in [0.1, 0.15) is 51.4 Å². The maximum atomic E-state index is 12.9. The van der Waals surface area contributed by atoms with E-state index < -0.39 is 5.60 Å². The van der Waals surface area contributed by atoms with E-state index in [0.717, 1.165) is 56.6 Å². The number of thioether (sulfide) groups is 1. The zero-order valence-corrected chi connectivity index (χ0v) is 13.5. The maximum Gasteiger partial charge on any atom is 0.254 e. The van der Waals surface area contributed by atoms with E-state index in [1.165, 1.54) is 0 Å². The topological polar surface area (TPSA) is 60.8 Å². The third kappa shape index (κ3) is 3.10. The number of hydrogen-bond donors (Lipinski definition) is 2. The van der Waals surface area contributed by atoms with E-state index in [4.69, 9.17) is 0 Å². The van der Waals surface area contributed by atoms with Gasteiger partial charge in [0.1, 0.15) is 5.60 Å². The van der Waals surface area contributed by atoms with Crippen LogP contribution in [0.2, 0.25) is 0 Å². The smallest absolute Gasteiger partial charge is 0.254 e. The van der Waals surface area contributed by atoms with E-state index in [1.807, 2.05) is 16.7 Å². The first-order chi connectivity index (χ1) is 10.1. The Balaban J connectivity index is 1.72. The number of carbonyl (C=O) groups is 1. The van der Waals surface area contributed by atoms with E-state index in [9.17, 15) is 15.0 Å². The first-order valence-electron chi connectivity index (χ1n) is 8.41. The summed E-state index contributed by atoms with van der Waals surface area (Å²) in [5.74, 6) is 1.88. The molecule has 2 saturated heterocycles. The largest absolute Gasteiger partial charge is 0.393 e. The Bertz CT molecular complexity index is 384. The maximum absolute atomic E-state index is 12.9. The molecule has 2 heterocycles. The van der Waals surface area contributed by atoms with Crippen LogP contribution in [0.4, 0.5) is 0 Å². The van der Waals surface area contributed by atoms with Crippen molar-refractivity contribution < 1.29 is 15.0 Å². The second-order valence-electron chi connectivity index (χ2n) is 6.87. The van der Waals surface area contributed by atoms with E-state index >= 15 is 0 Å². The number of aliphatic hydroxyl groups excluding tert-OH is 1. The summed E-state index contributed by atoms with van der Waals surface area (Å²) in [4.78, 5) is 14.8. The van der Waals surface area contributed by atoms with Gasteiger partial charge in [-0.25, -0.2) is 0 Å². The molecule has 3 rings (SSSR count). The third-order valence-electron chi connectivity index (χ3n) is 5.55. The fourth-order valence-electron chi connectivity index (χ4n) is 4.27. The molecule has 21 heavy (non-hydrogen) atoms. The second kappa shape index (κ2) is 6.47. The minimum atomic E-state index is -1.15. The molecular formula is C16H27NO3S. The Morgan fingerprint density at radius 1 is 1.10 bits per heavy atom. The van der Waals surface area contributed by atoms with Crippen molar-refractivity contribution in [1.82, 2.24) is 4.90 Å². The average molecular weight is 313 g/mol. The van der Waals surface area contributed by atoms with Crippen molar-refractivity contribution in [3.8, 4) is 0 Å². The number of rotatable bonds is 2. The van der Waals surface area contributed by atoms with E-state index in [0.29, 0.717) is 12.8 Å². The van der Waals surface area contributed by atoms with Gasteiger partial charge in [-0.05, 0) is 50.0 Å². The van der Waals surface area contributed by atoms with Gasteiger partial charge in [0.2, 0.25) is 0 Å². The molecule has 0 radical (unpaired) electrons. The van der Waals surface area contributed by atoms with Crippen LogP contribution in [0, 0.1) is 5.92 Å². The van der Waals surface area contributed by atoms with Crippen LogP contribution in [0.5, 0.6) is 0 Å². The van der Waals surface area contributed by atoms with Gasteiger partial charge < -0.3 is 15.1 Å². The number of hydrogen-bond acceptors (Lipinski definition) is 4. The molecule has 120 valence electrons. The summed E-state index contributed by atoms with van der Waals surface area (Å²) >= 11 is 1.82. The number of aliphatic hydroxyl groups is 2. The Hall–Kier alpha value is -0.260. The van der Waals surface area contributed by atoms with Crippen molar-refractivity contribution >= 4 is 17.7 Å². The molecular weight excluding hydrogens is 286 g/mol. The molecule has 0 aromatic carbocycles. The van der Waals surface area contributed by atoms with Crippen molar-refractivity contribution in [1.29, 1.82) is 0 Å². The number of nitrogens with zero attached hydrogens (tertiary/aromatic N) is 1. The van der Waals surface area contributed by atoms with Gasteiger partial charge in [-0.3, -0.25) is 4.79 Å². The summed E-state index contributed by atoms with van der Waals surface area (Å²) in [6, 6.07) is 0.145. The Kier molecular flexibility index (Phi) is 4.81. The average Bonchev–Trinajstić information content (AvgIpc) is 2.97. The highest BCUT2D eigenvalue weighted by Gasteiger charge is 2.46.